The number of amides is 1. The average molecular weight is 401 g/mol. The van der Waals surface area contributed by atoms with Gasteiger partial charge in [-0.3, -0.25) is 20.2 Å². The van der Waals surface area contributed by atoms with Crippen LogP contribution in [0.25, 0.3) is 6.08 Å². The molecule has 1 amide bonds. The zero-order valence-electron chi connectivity index (χ0n) is 13.8. The predicted molar refractivity (Wildman–Crippen MR) is 105 cm³/mol. The maximum absolute atomic E-state index is 12.0. The molecule has 27 heavy (non-hydrogen) atoms. The molecule has 0 spiro atoms. The Morgan fingerprint density at radius 3 is 2.67 bits per heavy atom. The van der Waals surface area contributed by atoms with E-state index >= 15 is 0 Å². The van der Waals surface area contributed by atoms with Crippen molar-refractivity contribution in [1.29, 1.82) is 0 Å². The number of nitrogens with zero attached hydrogens (tertiary/aromatic N) is 3. The average Bonchev–Trinajstić information content (AvgIpc) is 3.09. The molecule has 9 heteroatoms. The Balaban J connectivity index is 1.62. The lowest BCUT2D eigenvalue weighted by molar-refractivity contribution is -0.385. The molecule has 0 fully saturated rings. The summed E-state index contributed by atoms with van der Waals surface area (Å²) < 4.78 is 0. The quantitative estimate of drug-likeness (QED) is 0.377. The molecule has 0 aliphatic heterocycles. The molecule has 3 rings (SSSR count). The first-order valence-electron chi connectivity index (χ1n) is 7.80. The van der Waals surface area contributed by atoms with Crippen LogP contribution in [-0.2, 0) is 11.2 Å². The minimum absolute atomic E-state index is 0.0669. The highest BCUT2D eigenvalue weighted by Gasteiger charge is 2.11. The third-order valence-electron chi connectivity index (χ3n) is 3.51. The fourth-order valence-electron chi connectivity index (χ4n) is 2.26. The Morgan fingerprint density at radius 1 is 1.19 bits per heavy atom. The number of anilines is 1. The van der Waals surface area contributed by atoms with Crippen molar-refractivity contribution in [1.82, 2.24) is 10.2 Å². The molecule has 0 unspecified atom stereocenters. The molecular formula is C18H13ClN4O3S. The summed E-state index contributed by atoms with van der Waals surface area (Å²) in [6.07, 6.45) is 3.20. The molecular weight excluding hydrogens is 388 g/mol. The fourth-order valence-corrected chi connectivity index (χ4v) is 3.16. The lowest BCUT2D eigenvalue weighted by Gasteiger charge is -1.98. The van der Waals surface area contributed by atoms with Gasteiger partial charge < -0.3 is 0 Å². The number of nitro groups is 1. The standard InChI is InChI=1S/C18H13ClN4O3S/c19-14-8-5-12(6-9-14)11-17-21-22-18(27-17)20-16(24)10-7-13-3-1-2-4-15(13)23(25)26/h1-10H,11H2,(H,20,22,24). The molecule has 0 aliphatic carbocycles. The molecule has 0 bridgehead atoms. The van der Waals surface area contributed by atoms with E-state index in [-0.39, 0.29) is 5.69 Å². The van der Waals surface area contributed by atoms with E-state index in [0.717, 1.165) is 10.6 Å². The maximum atomic E-state index is 12.0. The SMILES string of the molecule is O=C(C=Cc1ccccc1[N+](=O)[O-])Nc1nnc(Cc2ccc(Cl)cc2)s1. The summed E-state index contributed by atoms with van der Waals surface area (Å²) >= 11 is 7.12. The number of benzene rings is 2. The highest BCUT2D eigenvalue weighted by Crippen LogP contribution is 2.21. The molecule has 3 aromatic rings. The van der Waals surface area contributed by atoms with Gasteiger partial charge in [0.1, 0.15) is 5.01 Å². The first kappa shape index (κ1) is 18.7. The molecule has 0 radical (unpaired) electrons. The van der Waals surface area contributed by atoms with E-state index in [9.17, 15) is 14.9 Å². The van der Waals surface area contributed by atoms with Crippen LogP contribution >= 0.6 is 22.9 Å². The van der Waals surface area contributed by atoms with Gasteiger partial charge in [-0.2, -0.15) is 0 Å². The monoisotopic (exact) mass is 400 g/mol. The Hall–Kier alpha value is -3.10. The summed E-state index contributed by atoms with van der Waals surface area (Å²) in [6, 6.07) is 13.6. The van der Waals surface area contributed by atoms with Crippen LogP contribution in [0.2, 0.25) is 5.02 Å². The topological polar surface area (TPSA) is 98.0 Å². The van der Waals surface area contributed by atoms with Crippen molar-refractivity contribution in [2.45, 2.75) is 6.42 Å². The van der Waals surface area contributed by atoms with Crippen LogP contribution in [0.3, 0.4) is 0 Å². The summed E-state index contributed by atoms with van der Waals surface area (Å²) in [7, 11) is 0. The minimum atomic E-state index is -0.495. The minimum Gasteiger partial charge on any atom is -0.297 e. The largest absolute Gasteiger partial charge is 0.297 e. The van der Waals surface area contributed by atoms with Gasteiger partial charge in [0.25, 0.3) is 5.69 Å². The highest BCUT2D eigenvalue weighted by molar-refractivity contribution is 7.15. The summed E-state index contributed by atoms with van der Waals surface area (Å²) in [5.41, 5.74) is 1.31. The second kappa shape index (κ2) is 8.52. The molecule has 1 heterocycles. The van der Waals surface area contributed by atoms with E-state index in [4.69, 9.17) is 11.6 Å². The van der Waals surface area contributed by atoms with Crippen LogP contribution in [-0.4, -0.2) is 21.0 Å². The van der Waals surface area contributed by atoms with Gasteiger partial charge in [-0.25, -0.2) is 0 Å². The van der Waals surface area contributed by atoms with Crippen LogP contribution in [0.4, 0.5) is 10.8 Å². The number of hydrogen-bond donors (Lipinski definition) is 1. The van der Waals surface area contributed by atoms with Gasteiger partial charge in [0, 0.05) is 23.6 Å². The zero-order valence-corrected chi connectivity index (χ0v) is 15.4. The van der Waals surface area contributed by atoms with E-state index in [0.29, 0.717) is 22.1 Å². The van der Waals surface area contributed by atoms with Crippen LogP contribution in [0.1, 0.15) is 16.1 Å². The lowest BCUT2D eigenvalue weighted by atomic mass is 10.1. The Bertz CT molecular complexity index is 1000. The van der Waals surface area contributed by atoms with E-state index < -0.39 is 10.8 Å². The van der Waals surface area contributed by atoms with Crippen molar-refractivity contribution in [3.63, 3.8) is 0 Å². The second-order valence-corrected chi connectivity index (χ2v) is 6.94. The van der Waals surface area contributed by atoms with Crippen LogP contribution in [0, 0.1) is 10.1 Å². The summed E-state index contributed by atoms with van der Waals surface area (Å²) in [4.78, 5) is 22.5. The van der Waals surface area contributed by atoms with Crippen LogP contribution < -0.4 is 5.32 Å². The number of hydrogen-bond acceptors (Lipinski definition) is 6. The van der Waals surface area contributed by atoms with E-state index in [2.05, 4.69) is 15.5 Å². The number of para-hydroxylation sites is 1. The molecule has 2 aromatic carbocycles. The number of carbonyl (C=O) groups is 1. The third-order valence-corrected chi connectivity index (χ3v) is 4.60. The first-order chi connectivity index (χ1) is 13.0. The normalized spacial score (nSPS) is 10.9. The number of carbonyl (C=O) groups excluding carboxylic acids is 1. The molecule has 7 nitrogen and oxygen atoms in total. The fraction of sp³-hybridized carbons (Fsp3) is 0.0556. The van der Waals surface area contributed by atoms with Gasteiger partial charge in [-0.15, -0.1) is 10.2 Å². The zero-order chi connectivity index (χ0) is 19.2. The number of aromatic nitrogens is 2. The lowest BCUT2D eigenvalue weighted by Crippen LogP contribution is -2.07. The predicted octanol–water partition coefficient (Wildman–Crippen LogP) is 4.34. The Kier molecular flexibility index (Phi) is 5.90. The highest BCUT2D eigenvalue weighted by atomic mass is 35.5. The van der Waals surface area contributed by atoms with E-state index in [1.807, 2.05) is 12.1 Å². The van der Waals surface area contributed by atoms with Crippen LogP contribution in [0.15, 0.2) is 54.6 Å². The molecule has 136 valence electrons. The first-order valence-corrected chi connectivity index (χ1v) is 9.00. The van der Waals surface area contributed by atoms with Crippen molar-refractivity contribution in [2.24, 2.45) is 0 Å². The van der Waals surface area contributed by atoms with Crippen molar-refractivity contribution < 1.29 is 9.72 Å². The molecule has 0 aliphatic rings. The number of nitro benzene ring substituents is 1. The summed E-state index contributed by atoms with van der Waals surface area (Å²) in [5.74, 6) is -0.442. The summed E-state index contributed by atoms with van der Waals surface area (Å²) in [6.45, 7) is 0. The van der Waals surface area contributed by atoms with Gasteiger partial charge in [-0.05, 0) is 29.8 Å². The van der Waals surface area contributed by atoms with E-state index in [1.54, 1.807) is 30.3 Å². The van der Waals surface area contributed by atoms with E-state index in [1.165, 1.54) is 29.6 Å². The van der Waals surface area contributed by atoms with Gasteiger partial charge in [0.15, 0.2) is 0 Å². The van der Waals surface area contributed by atoms with Gasteiger partial charge in [0.05, 0.1) is 10.5 Å². The Morgan fingerprint density at radius 2 is 1.93 bits per heavy atom. The van der Waals surface area contributed by atoms with Crippen molar-refractivity contribution in [2.75, 3.05) is 5.32 Å². The third kappa shape index (κ3) is 5.19. The molecule has 0 saturated carbocycles. The number of nitrogens with one attached hydrogen (secondary N) is 1. The number of rotatable bonds is 6. The smallest absolute Gasteiger partial charge is 0.276 e. The summed E-state index contributed by atoms with van der Waals surface area (Å²) in [5, 5.41) is 23.3. The Labute approximate surface area is 163 Å². The van der Waals surface area contributed by atoms with Gasteiger partial charge in [-0.1, -0.05) is 47.2 Å². The second-order valence-electron chi connectivity index (χ2n) is 5.44. The van der Waals surface area contributed by atoms with Crippen molar-refractivity contribution in [3.05, 3.63) is 85.9 Å². The van der Waals surface area contributed by atoms with Gasteiger partial charge in [0.2, 0.25) is 11.0 Å². The molecule has 1 aromatic heterocycles. The molecule has 0 atom stereocenters. The molecule has 1 N–H and O–H groups in total. The van der Waals surface area contributed by atoms with Crippen molar-refractivity contribution in [3.8, 4) is 0 Å². The maximum Gasteiger partial charge on any atom is 0.276 e. The molecule has 0 saturated heterocycles. The van der Waals surface area contributed by atoms with Gasteiger partial charge >= 0.3 is 0 Å². The van der Waals surface area contributed by atoms with Crippen LogP contribution in [0.5, 0.6) is 0 Å². The van der Waals surface area contributed by atoms with Crippen molar-refractivity contribution >= 4 is 45.7 Å². The number of halogens is 1.